The first-order chi connectivity index (χ1) is 9.19. The molecule has 1 aromatic carbocycles. The normalized spacial score (nSPS) is 17.5. The second-order valence-corrected chi connectivity index (χ2v) is 5.14. The zero-order valence-corrected chi connectivity index (χ0v) is 11.3. The summed E-state index contributed by atoms with van der Waals surface area (Å²) < 4.78 is 5.13. The third-order valence-corrected chi connectivity index (χ3v) is 3.65. The average Bonchev–Trinajstić information content (AvgIpc) is 2.40. The van der Waals surface area contributed by atoms with E-state index in [4.69, 9.17) is 9.84 Å². The number of methoxy groups -OCH3 is 1. The van der Waals surface area contributed by atoms with Gasteiger partial charge in [0.2, 0.25) is 0 Å². The molecule has 1 fully saturated rings. The van der Waals surface area contributed by atoms with Crippen LogP contribution in [0, 0.1) is 5.92 Å². The van der Waals surface area contributed by atoms with Gasteiger partial charge in [-0.1, -0.05) is 24.3 Å². The van der Waals surface area contributed by atoms with Crippen molar-refractivity contribution in [3.63, 3.8) is 0 Å². The van der Waals surface area contributed by atoms with Gasteiger partial charge in [-0.2, -0.15) is 0 Å². The minimum Gasteiger partial charge on any atom is -0.481 e. The highest BCUT2D eigenvalue weighted by molar-refractivity contribution is 5.70. The highest BCUT2D eigenvalue weighted by Gasteiger charge is 2.24. The van der Waals surface area contributed by atoms with Gasteiger partial charge in [-0.3, -0.25) is 9.69 Å². The lowest BCUT2D eigenvalue weighted by Gasteiger charge is -2.30. The van der Waals surface area contributed by atoms with Crippen molar-refractivity contribution in [1.82, 2.24) is 4.90 Å². The fraction of sp³-hybridized carbons (Fsp3) is 0.533. The average molecular weight is 263 g/mol. The predicted octanol–water partition coefficient (Wildman–Crippen LogP) is 2.13. The monoisotopic (exact) mass is 263 g/mol. The Bertz CT molecular complexity index is 425. The first-order valence-corrected chi connectivity index (χ1v) is 6.71. The Balaban J connectivity index is 1.88. The molecule has 1 aromatic rings. The zero-order valence-electron chi connectivity index (χ0n) is 11.3. The van der Waals surface area contributed by atoms with Crippen LogP contribution >= 0.6 is 0 Å². The minimum atomic E-state index is -0.651. The summed E-state index contributed by atoms with van der Waals surface area (Å²) in [7, 11) is 1.70. The molecule has 0 unspecified atom stereocenters. The van der Waals surface area contributed by atoms with E-state index in [-0.39, 0.29) is 5.92 Å². The minimum absolute atomic E-state index is 0.156. The Morgan fingerprint density at radius 1 is 1.37 bits per heavy atom. The number of rotatable bonds is 5. The highest BCUT2D eigenvalue weighted by Crippen LogP contribution is 2.19. The summed E-state index contributed by atoms with van der Waals surface area (Å²) in [5, 5.41) is 8.98. The summed E-state index contributed by atoms with van der Waals surface area (Å²) in [6.07, 6.45) is 1.51. The van der Waals surface area contributed by atoms with Gasteiger partial charge in [0.05, 0.1) is 12.5 Å². The summed E-state index contributed by atoms with van der Waals surface area (Å²) in [5.74, 6) is -0.808. The molecule has 0 saturated carbocycles. The van der Waals surface area contributed by atoms with Gasteiger partial charge in [0.1, 0.15) is 0 Å². The fourth-order valence-corrected chi connectivity index (χ4v) is 2.58. The van der Waals surface area contributed by atoms with Crippen LogP contribution in [0.15, 0.2) is 24.3 Å². The molecule has 0 aromatic heterocycles. The second-order valence-electron chi connectivity index (χ2n) is 5.14. The van der Waals surface area contributed by atoms with Crippen molar-refractivity contribution < 1.29 is 14.6 Å². The molecule has 1 aliphatic heterocycles. The van der Waals surface area contributed by atoms with Gasteiger partial charge in [0, 0.05) is 13.7 Å². The van der Waals surface area contributed by atoms with E-state index < -0.39 is 5.97 Å². The highest BCUT2D eigenvalue weighted by atomic mass is 16.5. The quantitative estimate of drug-likeness (QED) is 0.884. The van der Waals surface area contributed by atoms with E-state index in [1.54, 1.807) is 7.11 Å². The Hall–Kier alpha value is -1.39. The van der Waals surface area contributed by atoms with Crippen LogP contribution in [0.25, 0.3) is 0 Å². The van der Waals surface area contributed by atoms with E-state index in [0.29, 0.717) is 6.61 Å². The van der Waals surface area contributed by atoms with Gasteiger partial charge in [0.15, 0.2) is 0 Å². The van der Waals surface area contributed by atoms with E-state index in [0.717, 1.165) is 32.5 Å². The van der Waals surface area contributed by atoms with Crippen molar-refractivity contribution in [2.45, 2.75) is 26.0 Å². The lowest BCUT2D eigenvalue weighted by Crippen LogP contribution is -2.35. The van der Waals surface area contributed by atoms with Crippen LogP contribution in [-0.4, -0.2) is 36.2 Å². The molecule has 0 aliphatic carbocycles. The van der Waals surface area contributed by atoms with Crippen LogP contribution < -0.4 is 0 Å². The number of ether oxygens (including phenoxy) is 1. The topological polar surface area (TPSA) is 49.8 Å². The van der Waals surface area contributed by atoms with Crippen molar-refractivity contribution >= 4 is 5.97 Å². The summed E-state index contributed by atoms with van der Waals surface area (Å²) in [5.41, 5.74) is 2.45. The molecule has 1 N–H and O–H groups in total. The lowest BCUT2D eigenvalue weighted by molar-refractivity contribution is -0.143. The lowest BCUT2D eigenvalue weighted by atomic mass is 9.97. The summed E-state index contributed by atoms with van der Waals surface area (Å²) in [4.78, 5) is 13.2. The van der Waals surface area contributed by atoms with Crippen LogP contribution in [0.2, 0.25) is 0 Å². The summed E-state index contributed by atoms with van der Waals surface area (Å²) >= 11 is 0. The molecular formula is C15H21NO3. The third-order valence-electron chi connectivity index (χ3n) is 3.65. The van der Waals surface area contributed by atoms with Gasteiger partial charge in [0.25, 0.3) is 0 Å². The molecule has 4 nitrogen and oxygen atoms in total. The number of carboxylic acids is 1. The van der Waals surface area contributed by atoms with Crippen LogP contribution in [0.4, 0.5) is 0 Å². The number of nitrogens with zero attached hydrogens (tertiary/aromatic N) is 1. The number of piperidine rings is 1. The maximum atomic E-state index is 10.9. The predicted molar refractivity (Wildman–Crippen MR) is 72.8 cm³/mol. The van der Waals surface area contributed by atoms with E-state index in [9.17, 15) is 4.79 Å². The molecule has 1 heterocycles. The Labute approximate surface area is 114 Å². The van der Waals surface area contributed by atoms with Crippen molar-refractivity contribution in [2.75, 3.05) is 20.2 Å². The van der Waals surface area contributed by atoms with E-state index >= 15 is 0 Å². The molecule has 0 atom stereocenters. The maximum absolute atomic E-state index is 10.9. The van der Waals surface area contributed by atoms with Crippen molar-refractivity contribution in [2.24, 2.45) is 5.92 Å². The molecule has 4 heteroatoms. The maximum Gasteiger partial charge on any atom is 0.306 e. The molecule has 2 rings (SSSR count). The van der Waals surface area contributed by atoms with E-state index in [1.807, 2.05) is 6.07 Å². The Kier molecular flexibility index (Phi) is 4.93. The third kappa shape index (κ3) is 4.04. The van der Waals surface area contributed by atoms with Gasteiger partial charge >= 0.3 is 5.97 Å². The number of carboxylic acid groups (broad SMARTS) is 1. The van der Waals surface area contributed by atoms with Crippen LogP contribution in [0.5, 0.6) is 0 Å². The smallest absolute Gasteiger partial charge is 0.306 e. The molecular weight excluding hydrogens is 242 g/mol. The SMILES string of the molecule is COCc1cccc(CN2CCC(C(=O)O)CC2)c1. The summed E-state index contributed by atoms with van der Waals surface area (Å²) in [6, 6.07) is 8.38. The number of carbonyl (C=O) groups is 1. The van der Waals surface area contributed by atoms with Crippen molar-refractivity contribution in [3.05, 3.63) is 35.4 Å². The molecule has 0 bridgehead atoms. The Morgan fingerprint density at radius 3 is 2.68 bits per heavy atom. The molecule has 1 aliphatic rings. The van der Waals surface area contributed by atoms with Crippen LogP contribution in [0.3, 0.4) is 0 Å². The molecule has 0 amide bonds. The van der Waals surface area contributed by atoms with Crippen LogP contribution in [-0.2, 0) is 22.7 Å². The number of hydrogen-bond donors (Lipinski definition) is 1. The molecule has 19 heavy (non-hydrogen) atoms. The van der Waals surface area contributed by atoms with Crippen LogP contribution in [0.1, 0.15) is 24.0 Å². The first kappa shape index (κ1) is 14.0. The number of likely N-dealkylation sites (tertiary alicyclic amines) is 1. The van der Waals surface area contributed by atoms with Gasteiger partial charge in [-0.15, -0.1) is 0 Å². The van der Waals surface area contributed by atoms with Gasteiger partial charge in [-0.25, -0.2) is 0 Å². The number of hydrogen-bond acceptors (Lipinski definition) is 3. The van der Waals surface area contributed by atoms with E-state index in [2.05, 4.69) is 23.1 Å². The van der Waals surface area contributed by atoms with Gasteiger partial charge < -0.3 is 9.84 Å². The number of benzene rings is 1. The first-order valence-electron chi connectivity index (χ1n) is 6.71. The molecule has 104 valence electrons. The zero-order chi connectivity index (χ0) is 13.7. The van der Waals surface area contributed by atoms with Gasteiger partial charge in [-0.05, 0) is 37.1 Å². The summed E-state index contributed by atoms with van der Waals surface area (Å²) in [6.45, 7) is 3.26. The molecule has 0 radical (unpaired) electrons. The molecule has 1 saturated heterocycles. The largest absolute Gasteiger partial charge is 0.481 e. The van der Waals surface area contributed by atoms with Crippen molar-refractivity contribution in [3.8, 4) is 0 Å². The number of aliphatic carboxylic acids is 1. The standard InChI is InChI=1S/C15H21NO3/c1-19-11-13-4-2-3-12(9-13)10-16-7-5-14(6-8-16)15(17)18/h2-4,9,14H,5-8,10-11H2,1H3,(H,17,18). The Morgan fingerprint density at radius 2 is 2.05 bits per heavy atom. The second kappa shape index (κ2) is 6.68. The van der Waals surface area contributed by atoms with E-state index in [1.165, 1.54) is 11.1 Å². The van der Waals surface area contributed by atoms with Crippen molar-refractivity contribution in [1.29, 1.82) is 0 Å². The fourth-order valence-electron chi connectivity index (χ4n) is 2.58. The molecule has 0 spiro atoms.